The molecule has 0 bridgehead atoms. The highest BCUT2D eigenvalue weighted by Gasteiger charge is 2.32. The van der Waals surface area contributed by atoms with Crippen molar-refractivity contribution in [3.63, 3.8) is 0 Å². The fourth-order valence-corrected chi connectivity index (χ4v) is 2.89. The van der Waals surface area contributed by atoms with Gasteiger partial charge in [0.1, 0.15) is 0 Å². The van der Waals surface area contributed by atoms with E-state index in [0.29, 0.717) is 0 Å². The van der Waals surface area contributed by atoms with E-state index in [1.807, 2.05) is 0 Å². The lowest BCUT2D eigenvalue weighted by Crippen LogP contribution is -2.26. The molecule has 0 aromatic rings. The zero-order valence-corrected chi connectivity index (χ0v) is 7.44. The lowest BCUT2D eigenvalue weighted by Gasteiger charge is -2.40. The molecule has 0 heterocycles. The van der Waals surface area contributed by atoms with Gasteiger partial charge in [-0.15, -0.1) is 0 Å². The highest BCUT2D eigenvalue weighted by atomic mass is 14.4. The van der Waals surface area contributed by atoms with E-state index in [1.165, 1.54) is 57.8 Å². The maximum absolute atomic E-state index is 2.54. The molecule has 2 fully saturated rings. The molecule has 63 valence electrons. The normalized spacial score (nSPS) is 30.5. The fraction of sp³-hybridized carbons (Fsp3) is 0.909. The zero-order valence-electron chi connectivity index (χ0n) is 7.44. The maximum Gasteiger partial charge on any atom is -0.0295 e. The van der Waals surface area contributed by atoms with Crippen LogP contribution in [-0.4, -0.2) is 0 Å². The van der Waals surface area contributed by atoms with Crippen LogP contribution in [0.1, 0.15) is 57.8 Å². The van der Waals surface area contributed by atoms with E-state index in [9.17, 15) is 0 Å². The van der Waals surface area contributed by atoms with Crippen molar-refractivity contribution >= 4 is 0 Å². The minimum atomic E-state index is 0.802. The van der Waals surface area contributed by atoms with Crippen LogP contribution in [0.3, 0.4) is 0 Å². The van der Waals surface area contributed by atoms with Crippen molar-refractivity contribution in [1.82, 2.24) is 0 Å². The molecule has 0 saturated heterocycles. The molecule has 0 atom stereocenters. The average Bonchev–Trinajstić information content (AvgIpc) is 2.07. The van der Waals surface area contributed by atoms with Gasteiger partial charge in [0.2, 0.25) is 0 Å². The Balaban J connectivity index is 1.94. The van der Waals surface area contributed by atoms with Gasteiger partial charge in [0.25, 0.3) is 0 Å². The molecule has 0 unspecified atom stereocenters. The average molecular weight is 151 g/mol. The molecule has 2 rings (SSSR count). The molecule has 1 spiro atoms. The predicted octanol–water partition coefficient (Wildman–Crippen LogP) is 3.72. The summed E-state index contributed by atoms with van der Waals surface area (Å²) in [5, 5.41) is 0. The summed E-state index contributed by atoms with van der Waals surface area (Å²) in [6, 6.07) is 0. The Morgan fingerprint density at radius 1 is 0.818 bits per heavy atom. The molecule has 0 aromatic carbocycles. The van der Waals surface area contributed by atoms with Crippen LogP contribution < -0.4 is 0 Å². The van der Waals surface area contributed by atoms with Crippen LogP contribution in [0.15, 0.2) is 0 Å². The molecular formula is C11H19. The summed E-state index contributed by atoms with van der Waals surface area (Å²) >= 11 is 0. The number of hydrogen-bond donors (Lipinski definition) is 0. The van der Waals surface area contributed by atoms with E-state index >= 15 is 0 Å². The van der Waals surface area contributed by atoms with E-state index in [0.717, 1.165) is 5.41 Å². The molecule has 1 radical (unpaired) electrons. The monoisotopic (exact) mass is 151 g/mol. The van der Waals surface area contributed by atoms with Gasteiger partial charge in [0.15, 0.2) is 0 Å². The van der Waals surface area contributed by atoms with Gasteiger partial charge < -0.3 is 0 Å². The minimum absolute atomic E-state index is 0.802. The SMILES string of the molecule is [CH]1CCCC2(C1)CCCCC2. The lowest BCUT2D eigenvalue weighted by molar-refractivity contribution is 0.147. The second kappa shape index (κ2) is 3.16. The Morgan fingerprint density at radius 2 is 1.55 bits per heavy atom. The first kappa shape index (κ1) is 7.64. The van der Waals surface area contributed by atoms with E-state index < -0.39 is 0 Å². The molecule has 0 aliphatic heterocycles. The minimum Gasteiger partial charge on any atom is -0.0533 e. The standard InChI is InChI=1S/C11H19/c1-3-7-11(8-4-1)9-5-2-6-10-11/h3H,1-2,4-10H2. The van der Waals surface area contributed by atoms with Gasteiger partial charge in [-0.3, -0.25) is 0 Å². The van der Waals surface area contributed by atoms with Crippen molar-refractivity contribution in [3.05, 3.63) is 6.42 Å². The quantitative estimate of drug-likeness (QED) is 0.495. The van der Waals surface area contributed by atoms with Crippen molar-refractivity contribution < 1.29 is 0 Å². The van der Waals surface area contributed by atoms with Crippen LogP contribution in [0.2, 0.25) is 0 Å². The number of hydrogen-bond acceptors (Lipinski definition) is 0. The second-order valence-corrected chi connectivity index (χ2v) is 4.45. The first-order valence-electron chi connectivity index (χ1n) is 5.23. The Morgan fingerprint density at radius 3 is 2.18 bits per heavy atom. The molecule has 11 heavy (non-hydrogen) atoms. The van der Waals surface area contributed by atoms with Crippen molar-refractivity contribution in [2.24, 2.45) is 5.41 Å². The third-order valence-corrected chi connectivity index (χ3v) is 3.61. The summed E-state index contributed by atoms with van der Waals surface area (Å²) in [4.78, 5) is 0. The van der Waals surface area contributed by atoms with Crippen molar-refractivity contribution in [1.29, 1.82) is 0 Å². The Kier molecular flexibility index (Phi) is 2.20. The third-order valence-electron chi connectivity index (χ3n) is 3.61. The van der Waals surface area contributed by atoms with Gasteiger partial charge in [0.05, 0.1) is 0 Å². The highest BCUT2D eigenvalue weighted by molar-refractivity contribution is 4.91. The Labute approximate surface area is 70.4 Å². The molecule has 0 aromatic heterocycles. The zero-order chi connectivity index (χ0) is 7.57. The maximum atomic E-state index is 2.54. The van der Waals surface area contributed by atoms with Crippen LogP contribution in [-0.2, 0) is 0 Å². The van der Waals surface area contributed by atoms with E-state index in [1.54, 1.807) is 0 Å². The smallest absolute Gasteiger partial charge is 0.0295 e. The molecule has 0 heteroatoms. The van der Waals surface area contributed by atoms with Crippen molar-refractivity contribution in [2.75, 3.05) is 0 Å². The summed E-state index contributed by atoms with van der Waals surface area (Å²) < 4.78 is 0. The van der Waals surface area contributed by atoms with Gasteiger partial charge in [0, 0.05) is 0 Å². The molecular weight excluding hydrogens is 132 g/mol. The van der Waals surface area contributed by atoms with Gasteiger partial charge in [-0.2, -0.15) is 0 Å². The Bertz CT molecular complexity index is 94.5. The van der Waals surface area contributed by atoms with Gasteiger partial charge in [-0.25, -0.2) is 0 Å². The van der Waals surface area contributed by atoms with Crippen LogP contribution in [0, 0.1) is 11.8 Å². The molecule has 2 saturated carbocycles. The summed E-state index contributed by atoms with van der Waals surface area (Å²) in [5.41, 5.74) is 0.802. The van der Waals surface area contributed by atoms with Crippen LogP contribution >= 0.6 is 0 Å². The highest BCUT2D eigenvalue weighted by Crippen LogP contribution is 2.46. The summed E-state index contributed by atoms with van der Waals surface area (Å²) in [5.74, 6) is 0. The Hall–Kier alpha value is 0. The van der Waals surface area contributed by atoms with Gasteiger partial charge >= 0.3 is 0 Å². The summed E-state index contributed by atoms with van der Waals surface area (Å²) in [7, 11) is 0. The third kappa shape index (κ3) is 1.60. The largest absolute Gasteiger partial charge is 0.0533 e. The van der Waals surface area contributed by atoms with E-state index in [2.05, 4.69) is 6.42 Å². The van der Waals surface area contributed by atoms with Crippen molar-refractivity contribution in [2.45, 2.75) is 57.8 Å². The topological polar surface area (TPSA) is 0 Å². The van der Waals surface area contributed by atoms with Crippen LogP contribution in [0.25, 0.3) is 0 Å². The van der Waals surface area contributed by atoms with Crippen LogP contribution in [0.5, 0.6) is 0 Å². The molecule has 0 nitrogen and oxygen atoms in total. The van der Waals surface area contributed by atoms with Crippen LogP contribution in [0.4, 0.5) is 0 Å². The van der Waals surface area contributed by atoms with E-state index in [4.69, 9.17) is 0 Å². The molecule has 0 amide bonds. The first-order chi connectivity index (χ1) is 5.41. The predicted molar refractivity (Wildman–Crippen MR) is 48.3 cm³/mol. The van der Waals surface area contributed by atoms with E-state index in [-0.39, 0.29) is 0 Å². The van der Waals surface area contributed by atoms with Gasteiger partial charge in [-0.05, 0) is 37.5 Å². The second-order valence-electron chi connectivity index (χ2n) is 4.45. The number of rotatable bonds is 0. The fourth-order valence-electron chi connectivity index (χ4n) is 2.89. The molecule has 0 N–H and O–H groups in total. The van der Waals surface area contributed by atoms with Gasteiger partial charge in [-0.1, -0.05) is 32.1 Å². The summed E-state index contributed by atoms with van der Waals surface area (Å²) in [6.07, 6.45) is 15.9. The van der Waals surface area contributed by atoms with Crippen molar-refractivity contribution in [3.8, 4) is 0 Å². The lowest BCUT2D eigenvalue weighted by atomic mass is 9.65. The molecule has 2 aliphatic carbocycles. The first-order valence-corrected chi connectivity index (χ1v) is 5.23. The summed E-state index contributed by atoms with van der Waals surface area (Å²) in [6.45, 7) is 0. The molecule has 2 aliphatic rings.